The number of carbonyl (C=O) groups is 2. The van der Waals surface area contributed by atoms with Crippen molar-refractivity contribution in [2.24, 2.45) is 0 Å². The maximum absolute atomic E-state index is 11.1. The van der Waals surface area contributed by atoms with Gasteiger partial charge in [-0.15, -0.1) is 0 Å². The highest BCUT2D eigenvalue weighted by Crippen LogP contribution is 2.05. The molecule has 1 rings (SSSR count). The fourth-order valence-corrected chi connectivity index (χ4v) is 1.65. The Morgan fingerprint density at radius 2 is 1.56 bits per heavy atom. The first kappa shape index (κ1) is 12.9. The van der Waals surface area contributed by atoms with E-state index in [0.717, 1.165) is 17.9 Å². The molecule has 0 saturated heterocycles. The molecule has 1 aliphatic rings. The number of rotatable bonds is 8. The van der Waals surface area contributed by atoms with E-state index in [1.54, 1.807) is 0 Å². The van der Waals surface area contributed by atoms with E-state index in [0.29, 0.717) is 6.54 Å². The number of carbonyl (C=O) groups excluding carboxylic acids is 2. The maximum Gasteiger partial charge on any atom is 0.268 e. The van der Waals surface area contributed by atoms with Crippen LogP contribution < -0.4 is 5.43 Å². The Hall–Kier alpha value is -1.16. The molecule has 16 heavy (non-hydrogen) atoms. The second-order valence-electron chi connectivity index (χ2n) is 4.02. The van der Waals surface area contributed by atoms with Crippen molar-refractivity contribution in [2.75, 3.05) is 6.54 Å². The van der Waals surface area contributed by atoms with Crippen LogP contribution in [0.3, 0.4) is 0 Å². The van der Waals surface area contributed by atoms with Gasteiger partial charge >= 0.3 is 0 Å². The third kappa shape index (κ3) is 4.14. The largest absolute Gasteiger partial charge is 0.268 e. The Morgan fingerprint density at radius 1 is 1.00 bits per heavy atom. The number of nitrogens with one attached hydrogen (secondary N) is 1. The number of unbranched alkanes of at least 4 members (excludes halogenated alkanes) is 5. The summed E-state index contributed by atoms with van der Waals surface area (Å²) < 4.78 is 0. The van der Waals surface area contributed by atoms with Crippen LogP contribution in [0.1, 0.15) is 45.4 Å². The van der Waals surface area contributed by atoms with Gasteiger partial charge in [-0.2, -0.15) is 0 Å². The highest BCUT2D eigenvalue weighted by Gasteiger charge is 2.22. The molecule has 0 bridgehead atoms. The third-order valence-corrected chi connectivity index (χ3v) is 2.61. The molecular weight excluding hydrogens is 204 g/mol. The summed E-state index contributed by atoms with van der Waals surface area (Å²) in [5.74, 6) is -0.535. The lowest BCUT2D eigenvalue weighted by Crippen LogP contribution is -2.42. The minimum Gasteiger partial charge on any atom is -0.268 e. The zero-order chi connectivity index (χ0) is 11.8. The molecular formula is C12H20N2O2. The average molecular weight is 224 g/mol. The molecule has 0 aromatic rings. The van der Waals surface area contributed by atoms with Crippen molar-refractivity contribution in [3.05, 3.63) is 12.2 Å². The fraction of sp³-hybridized carbons (Fsp3) is 0.667. The maximum atomic E-state index is 11.1. The van der Waals surface area contributed by atoms with Crippen molar-refractivity contribution >= 4 is 11.8 Å². The molecule has 1 N–H and O–H groups in total. The lowest BCUT2D eigenvalue weighted by atomic mass is 10.1. The van der Waals surface area contributed by atoms with E-state index in [2.05, 4.69) is 12.3 Å². The summed E-state index contributed by atoms with van der Waals surface area (Å²) in [5.41, 5.74) is 2.84. The molecule has 0 saturated carbocycles. The van der Waals surface area contributed by atoms with Crippen LogP contribution in [0, 0.1) is 0 Å². The molecule has 0 radical (unpaired) electrons. The molecule has 0 atom stereocenters. The summed E-state index contributed by atoms with van der Waals surface area (Å²) in [6, 6.07) is 0. The summed E-state index contributed by atoms with van der Waals surface area (Å²) >= 11 is 0. The van der Waals surface area contributed by atoms with Crippen LogP contribution in [-0.2, 0) is 9.59 Å². The lowest BCUT2D eigenvalue weighted by molar-refractivity contribution is -0.140. The molecule has 1 heterocycles. The van der Waals surface area contributed by atoms with Crippen LogP contribution in [0.15, 0.2) is 12.2 Å². The summed E-state index contributed by atoms with van der Waals surface area (Å²) in [4.78, 5) is 22.3. The van der Waals surface area contributed by atoms with Crippen LogP contribution in [0.2, 0.25) is 0 Å². The minimum atomic E-state index is -0.268. The predicted molar refractivity (Wildman–Crippen MR) is 62.4 cm³/mol. The quantitative estimate of drug-likeness (QED) is 0.505. The number of amides is 2. The zero-order valence-corrected chi connectivity index (χ0v) is 9.87. The third-order valence-electron chi connectivity index (χ3n) is 2.61. The average Bonchev–Trinajstić information content (AvgIpc) is 2.59. The van der Waals surface area contributed by atoms with Crippen molar-refractivity contribution in [1.29, 1.82) is 0 Å². The Kier molecular flexibility index (Phi) is 5.78. The van der Waals surface area contributed by atoms with Gasteiger partial charge in [-0.3, -0.25) is 9.59 Å². The number of hydrazine groups is 1. The Bertz CT molecular complexity index is 256. The molecule has 0 unspecified atom stereocenters. The second-order valence-corrected chi connectivity index (χ2v) is 4.02. The van der Waals surface area contributed by atoms with Gasteiger partial charge in [-0.25, -0.2) is 10.4 Å². The van der Waals surface area contributed by atoms with Gasteiger partial charge in [-0.05, 0) is 6.42 Å². The highest BCUT2D eigenvalue weighted by molar-refractivity contribution is 6.12. The number of hydrogen-bond donors (Lipinski definition) is 1. The van der Waals surface area contributed by atoms with Crippen molar-refractivity contribution in [3.8, 4) is 0 Å². The van der Waals surface area contributed by atoms with Gasteiger partial charge in [0.05, 0.1) is 0 Å². The van der Waals surface area contributed by atoms with E-state index >= 15 is 0 Å². The molecule has 0 spiro atoms. The van der Waals surface area contributed by atoms with Crippen LogP contribution in [0.25, 0.3) is 0 Å². The number of imide groups is 1. The van der Waals surface area contributed by atoms with Crippen LogP contribution >= 0.6 is 0 Å². The first-order valence-electron chi connectivity index (χ1n) is 6.05. The molecule has 1 aliphatic heterocycles. The van der Waals surface area contributed by atoms with E-state index in [1.165, 1.54) is 37.8 Å². The number of nitrogens with zero attached hydrogens (tertiary/aromatic N) is 1. The van der Waals surface area contributed by atoms with Gasteiger partial charge in [-0.1, -0.05) is 39.0 Å². The van der Waals surface area contributed by atoms with Crippen LogP contribution in [0.4, 0.5) is 0 Å². The van der Waals surface area contributed by atoms with Gasteiger partial charge in [0.15, 0.2) is 0 Å². The molecule has 0 fully saturated rings. The standard InChI is InChI=1S/C12H20N2O2/c1-2-3-4-5-6-7-10-13-14-11(15)8-9-12(14)16/h8-9,13H,2-7,10H2,1H3. The highest BCUT2D eigenvalue weighted by atomic mass is 16.2. The smallest absolute Gasteiger partial charge is 0.268 e. The molecule has 90 valence electrons. The first-order chi connectivity index (χ1) is 7.75. The SMILES string of the molecule is CCCCCCCCNN1C(=O)C=CC1=O. The molecule has 0 aromatic heterocycles. The van der Waals surface area contributed by atoms with Crippen LogP contribution in [-0.4, -0.2) is 23.4 Å². The van der Waals surface area contributed by atoms with Crippen molar-refractivity contribution in [3.63, 3.8) is 0 Å². The van der Waals surface area contributed by atoms with Crippen molar-refractivity contribution in [1.82, 2.24) is 10.4 Å². The van der Waals surface area contributed by atoms with E-state index < -0.39 is 0 Å². The Labute approximate surface area is 96.7 Å². The molecule has 0 aliphatic carbocycles. The lowest BCUT2D eigenvalue weighted by Gasteiger charge is -2.14. The first-order valence-corrected chi connectivity index (χ1v) is 6.05. The van der Waals surface area contributed by atoms with Gasteiger partial charge < -0.3 is 0 Å². The molecule has 0 aromatic carbocycles. The molecule has 4 nitrogen and oxygen atoms in total. The van der Waals surface area contributed by atoms with E-state index in [9.17, 15) is 9.59 Å². The Balaban J connectivity index is 1.99. The fourth-order valence-electron chi connectivity index (χ4n) is 1.65. The summed E-state index contributed by atoms with van der Waals surface area (Å²) in [6.45, 7) is 2.88. The van der Waals surface area contributed by atoms with Gasteiger partial charge in [0.25, 0.3) is 11.8 Å². The van der Waals surface area contributed by atoms with Crippen LogP contribution in [0.5, 0.6) is 0 Å². The topological polar surface area (TPSA) is 49.4 Å². The summed E-state index contributed by atoms with van der Waals surface area (Å²) in [5, 5.41) is 1.08. The minimum absolute atomic E-state index is 0.268. The van der Waals surface area contributed by atoms with E-state index in [1.807, 2.05) is 0 Å². The van der Waals surface area contributed by atoms with E-state index in [-0.39, 0.29) is 11.8 Å². The normalized spacial score (nSPS) is 15.2. The monoisotopic (exact) mass is 224 g/mol. The Morgan fingerprint density at radius 3 is 2.19 bits per heavy atom. The summed E-state index contributed by atoms with van der Waals surface area (Å²) in [6.07, 6.45) is 9.78. The van der Waals surface area contributed by atoms with Gasteiger partial charge in [0.1, 0.15) is 0 Å². The van der Waals surface area contributed by atoms with Crippen molar-refractivity contribution < 1.29 is 9.59 Å². The van der Waals surface area contributed by atoms with Gasteiger partial charge in [0.2, 0.25) is 0 Å². The molecule has 4 heteroatoms. The second kappa shape index (κ2) is 7.17. The molecule has 2 amide bonds. The predicted octanol–water partition coefficient (Wildman–Crippen LogP) is 1.78. The van der Waals surface area contributed by atoms with Gasteiger partial charge in [0, 0.05) is 18.7 Å². The van der Waals surface area contributed by atoms with E-state index in [4.69, 9.17) is 0 Å². The summed E-state index contributed by atoms with van der Waals surface area (Å²) in [7, 11) is 0. The zero-order valence-electron chi connectivity index (χ0n) is 9.87. The van der Waals surface area contributed by atoms with Crippen molar-refractivity contribution in [2.45, 2.75) is 45.4 Å². The number of hydrogen-bond acceptors (Lipinski definition) is 3.